The van der Waals surface area contributed by atoms with E-state index in [2.05, 4.69) is 40.3 Å². The molecule has 0 amide bonds. The summed E-state index contributed by atoms with van der Waals surface area (Å²) < 4.78 is 12.3. The lowest BCUT2D eigenvalue weighted by Crippen LogP contribution is -2.04. The van der Waals surface area contributed by atoms with E-state index in [1.807, 2.05) is 31.3 Å². The molecule has 0 saturated heterocycles. The van der Waals surface area contributed by atoms with Gasteiger partial charge in [0.1, 0.15) is 5.75 Å². The fourth-order valence-electron chi connectivity index (χ4n) is 2.08. The molecule has 112 valence electrons. The Balaban J connectivity index is 2.25. The quantitative estimate of drug-likeness (QED) is 0.830. The summed E-state index contributed by atoms with van der Waals surface area (Å²) >= 11 is 3.56. The number of halogens is 1. The highest BCUT2D eigenvalue weighted by Crippen LogP contribution is 2.36. The number of benzene rings is 2. The Labute approximate surface area is 134 Å². The molecule has 2 aromatic carbocycles. The Hall–Kier alpha value is -1.52. The van der Waals surface area contributed by atoms with Crippen LogP contribution in [-0.4, -0.2) is 14.2 Å². The molecule has 0 aliphatic carbocycles. The van der Waals surface area contributed by atoms with Crippen molar-refractivity contribution in [1.29, 1.82) is 0 Å². The van der Waals surface area contributed by atoms with Gasteiger partial charge in [-0.25, -0.2) is 0 Å². The van der Waals surface area contributed by atoms with Crippen LogP contribution in [0.2, 0.25) is 0 Å². The molecule has 0 aliphatic rings. The van der Waals surface area contributed by atoms with Crippen LogP contribution in [0.4, 0.5) is 0 Å². The SMILES string of the molecule is CCc1ccc(Oc2ccc(CNC)cc2Br)c(OC)c1. The van der Waals surface area contributed by atoms with Crippen molar-refractivity contribution in [3.8, 4) is 17.2 Å². The molecule has 0 radical (unpaired) electrons. The fraction of sp³-hybridized carbons (Fsp3) is 0.294. The molecule has 0 spiro atoms. The summed E-state index contributed by atoms with van der Waals surface area (Å²) in [5, 5.41) is 3.13. The predicted molar refractivity (Wildman–Crippen MR) is 89.4 cm³/mol. The van der Waals surface area contributed by atoms with Gasteiger partial charge in [0.25, 0.3) is 0 Å². The van der Waals surface area contributed by atoms with Gasteiger partial charge in [-0.15, -0.1) is 0 Å². The summed E-state index contributed by atoms with van der Waals surface area (Å²) in [4.78, 5) is 0. The van der Waals surface area contributed by atoms with Crippen LogP contribution in [0.1, 0.15) is 18.1 Å². The minimum atomic E-state index is 0.719. The van der Waals surface area contributed by atoms with E-state index in [-0.39, 0.29) is 0 Å². The van der Waals surface area contributed by atoms with Crippen LogP contribution >= 0.6 is 15.9 Å². The summed E-state index contributed by atoms with van der Waals surface area (Å²) in [6.07, 6.45) is 0.971. The third-order valence-electron chi connectivity index (χ3n) is 3.23. The zero-order chi connectivity index (χ0) is 15.2. The fourth-order valence-corrected chi connectivity index (χ4v) is 2.58. The molecule has 3 nitrogen and oxygen atoms in total. The molecule has 2 rings (SSSR count). The second-order valence-electron chi connectivity index (χ2n) is 4.74. The number of rotatable bonds is 6. The smallest absolute Gasteiger partial charge is 0.169 e. The zero-order valence-corrected chi connectivity index (χ0v) is 14.2. The van der Waals surface area contributed by atoms with Crippen LogP contribution in [0.3, 0.4) is 0 Å². The lowest BCUT2D eigenvalue weighted by Gasteiger charge is -2.13. The Morgan fingerprint density at radius 1 is 1.00 bits per heavy atom. The van der Waals surface area contributed by atoms with Crippen molar-refractivity contribution in [3.05, 3.63) is 52.0 Å². The van der Waals surface area contributed by atoms with E-state index in [1.54, 1.807) is 7.11 Å². The highest BCUT2D eigenvalue weighted by Gasteiger charge is 2.09. The first-order chi connectivity index (χ1) is 10.2. The van der Waals surface area contributed by atoms with E-state index in [0.717, 1.165) is 34.7 Å². The van der Waals surface area contributed by atoms with Gasteiger partial charge < -0.3 is 14.8 Å². The van der Waals surface area contributed by atoms with Crippen LogP contribution in [0, 0.1) is 0 Å². The molecule has 0 fully saturated rings. The minimum absolute atomic E-state index is 0.719. The van der Waals surface area contributed by atoms with Gasteiger partial charge in [0.15, 0.2) is 11.5 Å². The lowest BCUT2D eigenvalue weighted by atomic mass is 10.1. The summed E-state index contributed by atoms with van der Waals surface area (Å²) in [7, 11) is 3.59. The summed E-state index contributed by atoms with van der Waals surface area (Å²) in [6, 6.07) is 12.1. The van der Waals surface area contributed by atoms with Crippen LogP contribution < -0.4 is 14.8 Å². The third-order valence-corrected chi connectivity index (χ3v) is 3.85. The lowest BCUT2D eigenvalue weighted by molar-refractivity contribution is 0.377. The van der Waals surface area contributed by atoms with Crippen molar-refractivity contribution in [1.82, 2.24) is 5.32 Å². The first-order valence-corrected chi connectivity index (χ1v) is 7.75. The highest BCUT2D eigenvalue weighted by atomic mass is 79.9. The van der Waals surface area contributed by atoms with E-state index >= 15 is 0 Å². The summed E-state index contributed by atoms with van der Waals surface area (Å²) in [5.41, 5.74) is 2.42. The van der Waals surface area contributed by atoms with E-state index in [9.17, 15) is 0 Å². The van der Waals surface area contributed by atoms with E-state index in [4.69, 9.17) is 9.47 Å². The maximum atomic E-state index is 5.97. The largest absolute Gasteiger partial charge is 0.493 e. The summed E-state index contributed by atoms with van der Waals surface area (Å²) in [5.74, 6) is 2.25. The third kappa shape index (κ3) is 3.99. The van der Waals surface area contributed by atoms with Crippen molar-refractivity contribution in [3.63, 3.8) is 0 Å². The molecule has 0 aliphatic heterocycles. The Morgan fingerprint density at radius 3 is 2.33 bits per heavy atom. The summed E-state index contributed by atoms with van der Waals surface area (Å²) in [6.45, 7) is 2.94. The Bertz CT molecular complexity index is 614. The van der Waals surface area contributed by atoms with Crippen molar-refractivity contribution in [2.45, 2.75) is 19.9 Å². The molecule has 1 N–H and O–H groups in total. The van der Waals surface area contributed by atoms with Crippen LogP contribution in [-0.2, 0) is 13.0 Å². The maximum absolute atomic E-state index is 5.97. The Morgan fingerprint density at radius 2 is 1.71 bits per heavy atom. The number of nitrogens with one attached hydrogen (secondary N) is 1. The topological polar surface area (TPSA) is 30.5 Å². The molecular formula is C17H20BrNO2. The standard InChI is InChI=1S/C17H20BrNO2/c1-4-12-5-8-16(17(10-12)20-3)21-15-7-6-13(11-19-2)9-14(15)18/h5-10,19H,4,11H2,1-3H3. The van der Waals surface area contributed by atoms with Gasteiger partial charge in [-0.3, -0.25) is 0 Å². The molecule has 0 unspecified atom stereocenters. The Kier molecular flexibility index (Phi) is 5.65. The molecule has 0 saturated carbocycles. The number of aryl methyl sites for hydroxylation is 1. The first-order valence-electron chi connectivity index (χ1n) is 6.95. The second-order valence-corrected chi connectivity index (χ2v) is 5.59. The number of ether oxygens (including phenoxy) is 2. The monoisotopic (exact) mass is 349 g/mol. The van der Waals surface area contributed by atoms with E-state index < -0.39 is 0 Å². The minimum Gasteiger partial charge on any atom is -0.493 e. The van der Waals surface area contributed by atoms with Gasteiger partial charge in [-0.2, -0.15) is 0 Å². The highest BCUT2D eigenvalue weighted by molar-refractivity contribution is 9.10. The van der Waals surface area contributed by atoms with Crippen molar-refractivity contribution < 1.29 is 9.47 Å². The molecular weight excluding hydrogens is 330 g/mol. The van der Waals surface area contributed by atoms with E-state index in [0.29, 0.717) is 0 Å². The first kappa shape index (κ1) is 15.9. The van der Waals surface area contributed by atoms with Gasteiger partial charge in [0.05, 0.1) is 11.6 Å². The normalized spacial score (nSPS) is 10.5. The molecule has 2 aromatic rings. The zero-order valence-electron chi connectivity index (χ0n) is 12.6. The van der Waals surface area contributed by atoms with Crippen LogP contribution in [0.25, 0.3) is 0 Å². The van der Waals surface area contributed by atoms with Gasteiger partial charge in [0, 0.05) is 6.54 Å². The maximum Gasteiger partial charge on any atom is 0.169 e. The van der Waals surface area contributed by atoms with Gasteiger partial charge in [0.2, 0.25) is 0 Å². The van der Waals surface area contributed by atoms with Crippen molar-refractivity contribution in [2.75, 3.05) is 14.2 Å². The van der Waals surface area contributed by atoms with Crippen molar-refractivity contribution >= 4 is 15.9 Å². The molecule has 21 heavy (non-hydrogen) atoms. The number of hydrogen-bond donors (Lipinski definition) is 1. The molecule has 0 heterocycles. The molecule has 0 bridgehead atoms. The predicted octanol–water partition coefficient (Wildman–Crippen LogP) is 4.53. The molecule has 0 aromatic heterocycles. The van der Waals surface area contributed by atoms with Gasteiger partial charge >= 0.3 is 0 Å². The molecule has 0 atom stereocenters. The van der Waals surface area contributed by atoms with Crippen molar-refractivity contribution in [2.24, 2.45) is 0 Å². The second kappa shape index (κ2) is 7.48. The average Bonchev–Trinajstić information content (AvgIpc) is 2.50. The number of methoxy groups -OCH3 is 1. The van der Waals surface area contributed by atoms with E-state index in [1.165, 1.54) is 11.1 Å². The van der Waals surface area contributed by atoms with Gasteiger partial charge in [-0.1, -0.05) is 19.1 Å². The van der Waals surface area contributed by atoms with Crippen LogP contribution in [0.15, 0.2) is 40.9 Å². The number of hydrogen-bond acceptors (Lipinski definition) is 3. The molecule has 4 heteroatoms. The average molecular weight is 350 g/mol. The van der Waals surface area contributed by atoms with Crippen LogP contribution in [0.5, 0.6) is 17.2 Å². The van der Waals surface area contributed by atoms with Gasteiger partial charge in [-0.05, 0) is 64.8 Å².